The van der Waals surface area contributed by atoms with Crippen molar-refractivity contribution < 1.29 is 9.66 Å². The lowest BCUT2D eigenvalue weighted by molar-refractivity contribution is -0.538. The van der Waals surface area contributed by atoms with Crippen molar-refractivity contribution >= 4 is 0 Å². The maximum Gasteiger partial charge on any atom is 0.238 e. The maximum atomic E-state index is 10.6. The van der Waals surface area contributed by atoms with E-state index in [-0.39, 0.29) is 11.0 Å². The number of rotatable bonds is 4. The summed E-state index contributed by atoms with van der Waals surface area (Å²) in [7, 11) is 0. The van der Waals surface area contributed by atoms with Crippen molar-refractivity contribution in [2.45, 2.75) is 37.8 Å². The summed E-state index contributed by atoms with van der Waals surface area (Å²) in [5.41, 5.74) is 0. The Hall–Kier alpha value is -0.900. The highest BCUT2D eigenvalue weighted by molar-refractivity contribution is 4.77. The van der Waals surface area contributed by atoms with E-state index in [0.717, 1.165) is 19.3 Å². The molecule has 0 amide bonds. The molecule has 1 aliphatic rings. The van der Waals surface area contributed by atoms with Crippen LogP contribution in [0.3, 0.4) is 0 Å². The molecule has 4 nitrogen and oxygen atoms in total. The van der Waals surface area contributed by atoms with Gasteiger partial charge in [0.15, 0.2) is 0 Å². The highest BCUT2D eigenvalue weighted by Crippen LogP contribution is 2.23. The van der Waals surface area contributed by atoms with Crippen LogP contribution in [0.2, 0.25) is 0 Å². The molecule has 1 saturated carbocycles. The molecule has 4 heteroatoms. The molecule has 0 saturated heterocycles. The second-order valence-electron chi connectivity index (χ2n) is 3.30. The molecule has 0 radical (unpaired) electrons. The van der Waals surface area contributed by atoms with Crippen LogP contribution in [0.15, 0.2) is 12.7 Å². The van der Waals surface area contributed by atoms with E-state index in [1.165, 1.54) is 0 Å². The summed E-state index contributed by atoms with van der Waals surface area (Å²) in [5.74, 6) is 0. The monoisotopic (exact) mass is 185 g/mol. The average Bonchev–Trinajstić information content (AvgIpc) is 2.15. The van der Waals surface area contributed by atoms with Crippen LogP contribution in [0.4, 0.5) is 0 Å². The molecule has 0 bridgehead atoms. The van der Waals surface area contributed by atoms with Gasteiger partial charge in [-0.25, -0.2) is 0 Å². The zero-order valence-electron chi connectivity index (χ0n) is 7.65. The van der Waals surface area contributed by atoms with Crippen molar-refractivity contribution in [1.82, 2.24) is 0 Å². The Kier molecular flexibility index (Phi) is 3.89. The molecule has 2 atom stereocenters. The summed E-state index contributed by atoms with van der Waals surface area (Å²) in [4.78, 5) is 10.4. The largest absolute Gasteiger partial charge is 0.367 e. The molecular formula is C9H15NO3. The van der Waals surface area contributed by atoms with Crippen LogP contribution < -0.4 is 0 Å². The SMILES string of the molecule is C=CCO[C@@H]1CCCC[C@@H]1[N+](=O)[O-]. The van der Waals surface area contributed by atoms with Gasteiger partial charge in [0.2, 0.25) is 6.04 Å². The predicted molar refractivity (Wildman–Crippen MR) is 49.2 cm³/mol. The summed E-state index contributed by atoms with van der Waals surface area (Å²) >= 11 is 0. The highest BCUT2D eigenvalue weighted by Gasteiger charge is 2.34. The fraction of sp³-hybridized carbons (Fsp3) is 0.778. The fourth-order valence-electron chi connectivity index (χ4n) is 1.70. The quantitative estimate of drug-likeness (QED) is 0.381. The van der Waals surface area contributed by atoms with Crippen molar-refractivity contribution in [3.05, 3.63) is 22.8 Å². The number of nitro groups is 1. The van der Waals surface area contributed by atoms with Crippen molar-refractivity contribution in [1.29, 1.82) is 0 Å². The van der Waals surface area contributed by atoms with Crippen LogP contribution >= 0.6 is 0 Å². The molecule has 0 aromatic heterocycles. The lowest BCUT2D eigenvalue weighted by Gasteiger charge is -2.24. The summed E-state index contributed by atoms with van der Waals surface area (Å²) in [6.07, 6.45) is 4.85. The molecular weight excluding hydrogens is 170 g/mol. The van der Waals surface area contributed by atoms with E-state index in [4.69, 9.17) is 4.74 Å². The van der Waals surface area contributed by atoms with E-state index in [1.807, 2.05) is 0 Å². The van der Waals surface area contributed by atoms with Crippen LogP contribution in [-0.2, 0) is 4.74 Å². The van der Waals surface area contributed by atoms with Crippen LogP contribution in [0.5, 0.6) is 0 Å². The van der Waals surface area contributed by atoms with Crippen LogP contribution in [-0.4, -0.2) is 23.7 Å². The van der Waals surface area contributed by atoms with Crippen molar-refractivity contribution in [2.75, 3.05) is 6.61 Å². The molecule has 13 heavy (non-hydrogen) atoms. The predicted octanol–water partition coefficient (Wildman–Crippen LogP) is 1.78. The van der Waals surface area contributed by atoms with Crippen molar-refractivity contribution in [3.63, 3.8) is 0 Å². The van der Waals surface area contributed by atoms with Gasteiger partial charge in [-0.3, -0.25) is 10.1 Å². The minimum atomic E-state index is -0.506. The van der Waals surface area contributed by atoms with Gasteiger partial charge < -0.3 is 4.74 Å². The number of hydrogen-bond acceptors (Lipinski definition) is 3. The Morgan fingerprint density at radius 2 is 2.23 bits per heavy atom. The summed E-state index contributed by atoms with van der Waals surface area (Å²) < 4.78 is 5.35. The van der Waals surface area contributed by atoms with Crippen molar-refractivity contribution in [3.8, 4) is 0 Å². The van der Waals surface area contributed by atoms with Crippen molar-refractivity contribution in [2.24, 2.45) is 0 Å². The normalized spacial score (nSPS) is 28.3. The maximum absolute atomic E-state index is 10.6. The minimum Gasteiger partial charge on any atom is -0.367 e. The van der Waals surface area contributed by atoms with Crippen LogP contribution in [0, 0.1) is 10.1 Å². The molecule has 0 N–H and O–H groups in total. The van der Waals surface area contributed by atoms with Gasteiger partial charge in [-0.05, 0) is 12.8 Å². The van der Waals surface area contributed by atoms with Gasteiger partial charge in [0, 0.05) is 11.3 Å². The minimum absolute atomic E-state index is 0.207. The molecule has 0 heterocycles. The van der Waals surface area contributed by atoms with E-state index >= 15 is 0 Å². The molecule has 0 spiro atoms. The summed E-state index contributed by atoms with van der Waals surface area (Å²) in [6, 6.07) is -0.506. The molecule has 1 rings (SSSR count). The third kappa shape index (κ3) is 2.81. The lowest BCUT2D eigenvalue weighted by Crippen LogP contribution is -2.38. The summed E-state index contributed by atoms with van der Waals surface area (Å²) in [6.45, 7) is 3.93. The van der Waals surface area contributed by atoms with Gasteiger partial charge in [0.1, 0.15) is 6.10 Å². The third-order valence-corrected chi connectivity index (χ3v) is 2.37. The van der Waals surface area contributed by atoms with E-state index in [2.05, 4.69) is 6.58 Å². The lowest BCUT2D eigenvalue weighted by atomic mass is 9.93. The number of nitrogens with zero attached hydrogens (tertiary/aromatic N) is 1. The fourth-order valence-corrected chi connectivity index (χ4v) is 1.70. The first-order valence-electron chi connectivity index (χ1n) is 4.61. The topological polar surface area (TPSA) is 52.4 Å². The van der Waals surface area contributed by atoms with Gasteiger partial charge in [0.05, 0.1) is 6.61 Å². The molecule has 0 unspecified atom stereocenters. The van der Waals surface area contributed by atoms with Crippen LogP contribution in [0.25, 0.3) is 0 Å². The van der Waals surface area contributed by atoms with E-state index in [9.17, 15) is 10.1 Å². The molecule has 74 valence electrons. The van der Waals surface area contributed by atoms with Gasteiger partial charge in [-0.1, -0.05) is 12.5 Å². The Morgan fingerprint density at radius 3 is 2.85 bits per heavy atom. The van der Waals surface area contributed by atoms with E-state index in [1.54, 1.807) is 6.08 Å². The van der Waals surface area contributed by atoms with E-state index in [0.29, 0.717) is 13.0 Å². The Morgan fingerprint density at radius 1 is 1.54 bits per heavy atom. The standard InChI is InChI=1S/C9H15NO3/c1-2-7-13-9-6-4-3-5-8(9)10(11)12/h2,8-9H,1,3-7H2/t8-,9+/m0/s1. The number of ether oxygens (including phenoxy) is 1. The highest BCUT2D eigenvalue weighted by atomic mass is 16.6. The van der Waals surface area contributed by atoms with Gasteiger partial charge in [0.25, 0.3) is 0 Å². The second kappa shape index (κ2) is 4.97. The van der Waals surface area contributed by atoms with Gasteiger partial charge in [-0.15, -0.1) is 6.58 Å². The van der Waals surface area contributed by atoms with E-state index < -0.39 is 6.04 Å². The average molecular weight is 185 g/mol. The number of hydrogen-bond donors (Lipinski definition) is 0. The first kappa shape index (κ1) is 10.2. The second-order valence-corrected chi connectivity index (χ2v) is 3.30. The Labute approximate surface area is 77.7 Å². The molecule has 1 aliphatic carbocycles. The van der Waals surface area contributed by atoms with Gasteiger partial charge in [-0.2, -0.15) is 0 Å². The molecule has 0 aromatic rings. The zero-order valence-corrected chi connectivity index (χ0v) is 7.65. The first-order chi connectivity index (χ1) is 6.25. The first-order valence-corrected chi connectivity index (χ1v) is 4.61. The molecule has 0 aliphatic heterocycles. The molecule has 0 aromatic carbocycles. The Balaban J connectivity index is 2.46. The zero-order chi connectivity index (χ0) is 9.68. The van der Waals surface area contributed by atoms with Crippen LogP contribution in [0.1, 0.15) is 25.7 Å². The summed E-state index contributed by atoms with van der Waals surface area (Å²) in [5, 5.41) is 10.6. The smallest absolute Gasteiger partial charge is 0.238 e. The van der Waals surface area contributed by atoms with Gasteiger partial charge >= 0.3 is 0 Å². The third-order valence-electron chi connectivity index (χ3n) is 2.37. The Bertz CT molecular complexity index is 193. The molecule has 1 fully saturated rings.